The Balaban J connectivity index is 0. The van der Waals surface area contributed by atoms with Gasteiger partial charge in [-0.3, -0.25) is 4.79 Å². The third-order valence-electron chi connectivity index (χ3n) is 0.552. The second-order valence-electron chi connectivity index (χ2n) is 1.66. The zero-order valence-corrected chi connectivity index (χ0v) is 8.04. The predicted octanol–water partition coefficient (Wildman–Crippen LogP) is 1.41. The van der Waals surface area contributed by atoms with Crippen molar-refractivity contribution in [3.05, 3.63) is 12.2 Å². The highest BCUT2D eigenvalue weighted by atomic mass is 79.9. The average molecular weight is 225 g/mol. The first-order chi connectivity index (χ1) is 5.15. The average Bonchev–Trinajstić information content (AvgIpc) is 1.88. The number of hydrogen-bond donors (Lipinski definition) is 2. The molecular formula is C7H13BrO3. The van der Waals surface area contributed by atoms with E-state index in [0.717, 1.165) is 18.7 Å². The van der Waals surface area contributed by atoms with Crippen LogP contribution < -0.4 is 0 Å². The lowest BCUT2D eigenvalue weighted by Gasteiger charge is -1.79. The van der Waals surface area contributed by atoms with E-state index >= 15 is 0 Å². The quantitative estimate of drug-likeness (QED) is 0.564. The largest absolute Gasteiger partial charge is 0.481 e. The maximum atomic E-state index is 9.00. The zero-order chi connectivity index (χ0) is 9.11. The Morgan fingerprint density at radius 2 is 2.00 bits per heavy atom. The lowest BCUT2D eigenvalue weighted by molar-refractivity contribution is -0.134. The van der Waals surface area contributed by atoms with Crippen molar-refractivity contribution < 1.29 is 15.0 Å². The van der Waals surface area contributed by atoms with Gasteiger partial charge in [0.05, 0.1) is 0 Å². The van der Waals surface area contributed by atoms with Crippen LogP contribution in [0, 0.1) is 0 Å². The number of hydrogen-bond acceptors (Lipinski definition) is 2. The molecule has 3 nitrogen and oxygen atoms in total. The molecule has 0 aromatic rings. The molecule has 0 amide bonds. The van der Waals surface area contributed by atoms with Gasteiger partial charge in [-0.05, 0) is 6.42 Å². The van der Waals surface area contributed by atoms with Crippen LogP contribution in [-0.4, -0.2) is 28.1 Å². The van der Waals surface area contributed by atoms with Crippen molar-refractivity contribution in [2.75, 3.05) is 11.9 Å². The van der Waals surface area contributed by atoms with E-state index in [0.29, 0.717) is 0 Å². The maximum Gasteiger partial charge on any atom is 0.300 e. The van der Waals surface area contributed by atoms with E-state index in [-0.39, 0.29) is 6.61 Å². The van der Waals surface area contributed by atoms with Gasteiger partial charge in [-0.1, -0.05) is 28.1 Å². The molecule has 0 saturated carbocycles. The summed E-state index contributed by atoms with van der Waals surface area (Å²) in [4.78, 5) is 9.00. The molecule has 0 aliphatic heterocycles. The van der Waals surface area contributed by atoms with Crippen molar-refractivity contribution in [2.24, 2.45) is 0 Å². The predicted molar refractivity (Wildman–Crippen MR) is 47.9 cm³/mol. The van der Waals surface area contributed by atoms with Crippen molar-refractivity contribution in [1.29, 1.82) is 0 Å². The number of aliphatic hydroxyl groups is 1. The van der Waals surface area contributed by atoms with E-state index < -0.39 is 5.97 Å². The van der Waals surface area contributed by atoms with Gasteiger partial charge in [0.15, 0.2) is 0 Å². The van der Waals surface area contributed by atoms with Crippen molar-refractivity contribution in [2.45, 2.75) is 13.3 Å². The number of aliphatic hydroxyl groups excluding tert-OH is 1. The second kappa shape index (κ2) is 12.3. The Labute approximate surface area is 74.9 Å². The molecule has 2 N–H and O–H groups in total. The van der Waals surface area contributed by atoms with Gasteiger partial charge in [0.25, 0.3) is 5.97 Å². The molecule has 66 valence electrons. The van der Waals surface area contributed by atoms with Gasteiger partial charge in [-0.15, -0.1) is 0 Å². The molecule has 0 unspecified atom stereocenters. The molecular weight excluding hydrogens is 212 g/mol. The third-order valence-corrected chi connectivity index (χ3v) is 0.925. The molecule has 0 rings (SSSR count). The number of halogens is 1. The Kier molecular flexibility index (Phi) is 14.9. The van der Waals surface area contributed by atoms with Crippen LogP contribution in [0.25, 0.3) is 0 Å². The Morgan fingerprint density at radius 1 is 1.55 bits per heavy atom. The summed E-state index contributed by atoms with van der Waals surface area (Å²) in [7, 11) is 0. The summed E-state index contributed by atoms with van der Waals surface area (Å²) < 4.78 is 0. The monoisotopic (exact) mass is 224 g/mol. The van der Waals surface area contributed by atoms with Crippen molar-refractivity contribution in [3.63, 3.8) is 0 Å². The van der Waals surface area contributed by atoms with Gasteiger partial charge >= 0.3 is 0 Å². The summed E-state index contributed by atoms with van der Waals surface area (Å²) in [6, 6.07) is 0. The molecule has 0 aromatic heterocycles. The number of carboxylic acid groups (broad SMARTS) is 1. The molecule has 0 atom stereocenters. The van der Waals surface area contributed by atoms with Crippen LogP contribution in [0.2, 0.25) is 0 Å². The van der Waals surface area contributed by atoms with Crippen LogP contribution in [-0.2, 0) is 4.79 Å². The van der Waals surface area contributed by atoms with Gasteiger partial charge < -0.3 is 10.2 Å². The molecule has 0 aliphatic rings. The fourth-order valence-electron chi connectivity index (χ4n) is 0.255. The summed E-state index contributed by atoms with van der Waals surface area (Å²) in [6.07, 6.45) is 4.68. The summed E-state index contributed by atoms with van der Waals surface area (Å²) in [5.41, 5.74) is 0. The minimum atomic E-state index is -0.833. The molecule has 0 aliphatic carbocycles. The number of carbonyl (C=O) groups is 1. The van der Waals surface area contributed by atoms with Gasteiger partial charge in [-0.2, -0.15) is 0 Å². The lowest BCUT2D eigenvalue weighted by atomic mass is 10.4. The molecule has 11 heavy (non-hydrogen) atoms. The maximum absolute atomic E-state index is 9.00. The summed E-state index contributed by atoms with van der Waals surface area (Å²) in [6.45, 7) is 1.34. The van der Waals surface area contributed by atoms with Gasteiger partial charge in [-0.25, -0.2) is 0 Å². The lowest BCUT2D eigenvalue weighted by Crippen LogP contribution is -1.78. The number of carboxylic acids is 1. The Hall–Kier alpha value is -0.350. The fourth-order valence-corrected chi connectivity index (χ4v) is 0.520. The van der Waals surface area contributed by atoms with Crippen molar-refractivity contribution in [3.8, 4) is 0 Å². The first-order valence-corrected chi connectivity index (χ1v) is 4.28. The highest BCUT2D eigenvalue weighted by Gasteiger charge is 1.69. The molecule has 0 heterocycles. The number of alkyl halides is 1. The first-order valence-electron chi connectivity index (χ1n) is 3.16. The van der Waals surface area contributed by atoms with Gasteiger partial charge in [0.2, 0.25) is 0 Å². The molecule has 0 aromatic carbocycles. The van der Waals surface area contributed by atoms with E-state index in [2.05, 4.69) is 15.9 Å². The summed E-state index contributed by atoms with van der Waals surface area (Å²) >= 11 is 3.21. The zero-order valence-electron chi connectivity index (χ0n) is 6.46. The smallest absolute Gasteiger partial charge is 0.300 e. The highest BCUT2D eigenvalue weighted by molar-refractivity contribution is 9.09. The molecule has 0 spiro atoms. The standard InChI is InChI=1S/C5H9BrO.C2H4O2/c6-4-2-1-3-5-7;1-2(3)4/h1-2,7H,3-5H2;1H3,(H,3,4). The van der Waals surface area contributed by atoms with E-state index in [4.69, 9.17) is 15.0 Å². The minimum Gasteiger partial charge on any atom is -0.481 e. The summed E-state index contributed by atoms with van der Waals surface area (Å²) in [5.74, 6) is -0.833. The van der Waals surface area contributed by atoms with E-state index in [1.807, 2.05) is 12.2 Å². The second-order valence-corrected chi connectivity index (χ2v) is 2.30. The van der Waals surface area contributed by atoms with Crippen LogP contribution >= 0.6 is 15.9 Å². The van der Waals surface area contributed by atoms with Crippen molar-refractivity contribution >= 4 is 21.9 Å². The van der Waals surface area contributed by atoms with Crippen LogP contribution in [0.15, 0.2) is 12.2 Å². The fraction of sp³-hybridized carbons (Fsp3) is 0.571. The summed E-state index contributed by atoms with van der Waals surface area (Å²) in [5, 5.41) is 16.5. The van der Waals surface area contributed by atoms with Crippen LogP contribution in [0.1, 0.15) is 13.3 Å². The Morgan fingerprint density at radius 3 is 2.27 bits per heavy atom. The number of aliphatic carboxylic acids is 1. The molecule has 0 bridgehead atoms. The minimum absolute atomic E-state index is 0.253. The number of allylic oxidation sites excluding steroid dienone is 1. The van der Waals surface area contributed by atoms with E-state index in [1.165, 1.54) is 0 Å². The van der Waals surface area contributed by atoms with E-state index in [9.17, 15) is 0 Å². The Bertz CT molecular complexity index is 108. The molecule has 4 heteroatoms. The van der Waals surface area contributed by atoms with Crippen LogP contribution in [0.4, 0.5) is 0 Å². The van der Waals surface area contributed by atoms with Crippen LogP contribution in [0.3, 0.4) is 0 Å². The molecule has 0 fully saturated rings. The topological polar surface area (TPSA) is 57.5 Å². The number of rotatable bonds is 3. The molecule has 0 radical (unpaired) electrons. The molecule has 0 saturated heterocycles. The normalized spacial score (nSPS) is 9.00. The highest BCUT2D eigenvalue weighted by Crippen LogP contribution is 1.83. The van der Waals surface area contributed by atoms with Gasteiger partial charge in [0, 0.05) is 18.9 Å². The van der Waals surface area contributed by atoms with Gasteiger partial charge in [0.1, 0.15) is 0 Å². The van der Waals surface area contributed by atoms with Crippen LogP contribution in [0.5, 0.6) is 0 Å². The van der Waals surface area contributed by atoms with E-state index in [1.54, 1.807) is 0 Å². The first kappa shape index (κ1) is 13.3. The van der Waals surface area contributed by atoms with Crippen molar-refractivity contribution in [1.82, 2.24) is 0 Å². The third kappa shape index (κ3) is 42.4. The SMILES string of the molecule is CC(=O)O.OCCC=CCBr.